The number of aromatic nitrogens is 3. The van der Waals surface area contributed by atoms with Crippen LogP contribution in [0.1, 0.15) is 87.7 Å². The van der Waals surface area contributed by atoms with Gasteiger partial charge in [-0.1, -0.05) is 59.7 Å². The molecule has 0 saturated carbocycles. The molecule has 5 rings (SSSR count). The second-order valence-corrected chi connectivity index (χ2v) is 14.5. The first-order valence-corrected chi connectivity index (χ1v) is 15.5. The number of piperidine rings is 1. The number of phenolic OH excluding ortho intramolecular Hbond substituents is 1. The zero-order valence-corrected chi connectivity index (χ0v) is 26.6. The van der Waals surface area contributed by atoms with Crippen molar-refractivity contribution in [3.8, 4) is 22.7 Å². The van der Waals surface area contributed by atoms with Gasteiger partial charge in [-0.25, -0.2) is 9.67 Å². The molecule has 2 aromatic heterocycles. The van der Waals surface area contributed by atoms with Gasteiger partial charge in [0.2, 0.25) is 0 Å². The monoisotopic (exact) mass is 572 g/mol. The summed E-state index contributed by atoms with van der Waals surface area (Å²) in [6.45, 7) is 17.5. The van der Waals surface area contributed by atoms with Gasteiger partial charge in [0.05, 0.1) is 22.0 Å². The standard InChI is InChI=1S/C34H44N4O2S/c1-22-26(32(40)38(36(22)8)25-12-10-9-11-13-25)20-37-16-14-23(15-17-37)31-35-29(21-41-31)24-18-27(33(2,3)4)30(39)28(19-24)34(5,6)7/h9-13,18-19,21,23,39H,14-17,20H2,1-8H3. The number of benzene rings is 2. The summed E-state index contributed by atoms with van der Waals surface area (Å²) in [5.41, 5.74) is 6.51. The van der Waals surface area contributed by atoms with Crippen LogP contribution in [0.4, 0.5) is 0 Å². The first kappa shape index (κ1) is 29.3. The molecule has 1 aliphatic heterocycles. The summed E-state index contributed by atoms with van der Waals surface area (Å²) in [5.74, 6) is 0.824. The van der Waals surface area contributed by atoms with Gasteiger partial charge in [0, 0.05) is 47.3 Å². The lowest BCUT2D eigenvalue weighted by Crippen LogP contribution is -2.34. The molecule has 0 aliphatic carbocycles. The van der Waals surface area contributed by atoms with Gasteiger partial charge in [-0.05, 0) is 68.0 Å². The van der Waals surface area contributed by atoms with E-state index in [-0.39, 0.29) is 16.4 Å². The SMILES string of the molecule is Cc1c(CN2CCC(c3nc(-c4cc(C(C)(C)C)c(O)c(C(C)(C)C)c4)cs3)CC2)c(=O)n(-c2ccccc2)n1C. The third kappa shape index (κ3) is 5.80. The second-order valence-electron chi connectivity index (χ2n) is 13.6. The highest BCUT2D eigenvalue weighted by atomic mass is 32.1. The minimum Gasteiger partial charge on any atom is -0.507 e. The summed E-state index contributed by atoms with van der Waals surface area (Å²) in [7, 11) is 1.96. The van der Waals surface area contributed by atoms with E-state index in [1.807, 2.05) is 49.0 Å². The predicted octanol–water partition coefficient (Wildman–Crippen LogP) is 7.29. The van der Waals surface area contributed by atoms with Crippen LogP contribution in [0.3, 0.4) is 0 Å². The molecule has 1 saturated heterocycles. The Balaban J connectivity index is 1.32. The fourth-order valence-corrected chi connectivity index (χ4v) is 6.90. The highest BCUT2D eigenvalue weighted by molar-refractivity contribution is 7.10. The Kier molecular flexibility index (Phi) is 7.81. The number of nitrogens with zero attached hydrogens (tertiary/aromatic N) is 4. The van der Waals surface area contributed by atoms with Gasteiger partial charge in [-0.15, -0.1) is 11.3 Å². The number of phenols is 1. The number of thiazole rings is 1. The molecule has 0 spiro atoms. The zero-order valence-electron chi connectivity index (χ0n) is 25.8. The predicted molar refractivity (Wildman–Crippen MR) is 170 cm³/mol. The van der Waals surface area contributed by atoms with E-state index in [0.29, 0.717) is 18.2 Å². The topological polar surface area (TPSA) is 63.3 Å². The van der Waals surface area contributed by atoms with Crippen LogP contribution in [0, 0.1) is 6.92 Å². The van der Waals surface area contributed by atoms with Gasteiger partial charge in [0.15, 0.2) is 0 Å². The summed E-state index contributed by atoms with van der Waals surface area (Å²) in [5, 5.41) is 14.5. The van der Waals surface area contributed by atoms with Crippen LogP contribution in [-0.2, 0) is 24.4 Å². The molecule has 0 atom stereocenters. The van der Waals surface area contributed by atoms with Crippen LogP contribution >= 0.6 is 11.3 Å². The number of hydrogen-bond donors (Lipinski definition) is 1. The van der Waals surface area contributed by atoms with Crippen molar-refractivity contribution in [3.05, 3.63) is 85.6 Å². The largest absolute Gasteiger partial charge is 0.507 e. The van der Waals surface area contributed by atoms with E-state index in [9.17, 15) is 9.90 Å². The van der Waals surface area contributed by atoms with Crippen LogP contribution < -0.4 is 5.56 Å². The van der Waals surface area contributed by atoms with Gasteiger partial charge in [-0.2, -0.15) is 0 Å². The highest BCUT2D eigenvalue weighted by Crippen LogP contribution is 2.42. The Labute approximate surface area is 248 Å². The number of para-hydroxylation sites is 1. The summed E-state index contributed by atoms with van der Waals surface area (Å²) >= 11 is 1.75. The van der Waals surface area contributed by atoms with E-state index in [1.165, 1.54) is 5.01 Å². The maximum atomic E-state index is 13.4. The van der Waals surface area contributed by atoms with Crippen LogP contribution in [0.5, 0.6) is 5.75 Å². The maximum Gasteiger partial charge on any atom is 0.276 e. The summed E-state index contributed by atoms with van der Waals surface area (Å²) < 4.78 is 3.74. The lowest BCUT2D eigenvalue weighted by Gasteiger charge is -2.30. The Hall–Kier alpha value is -3.16. The molecular formula is C34H44N4O2S. The number of likely N-dealkylation sites (tertiary alicyclic amines) is 1. The maximum absolute atomic E-state index is 13.4. The average molecular weight is 573 g/mol. The summed E-state index contributed by atoms with van der Waals surface area (Å²) in [4.78, 5) is 20.9. The van der Waals surface area contributed by atoms with Gasteiger partial charge in [0.1, 0.15) is 5.75 Å². The molecule has 1 aliphatic rings. The Morgan fingerprint density at radius 3 is 2.12 bits per heavy atom. The van der Waals surface area contributed by atoms with Crippen molar-refractivity contribution >= 4 is 11.3 Å². The van der Waals surface area contributed by atoms with E-state index in [4.69, 9.17) is 4.98 Å². The third-order valence-electron chi connectivity index (χ3n) is 8.54. The second kappa shape index (κ2) is 10.9. The molecule has 0 radical (unpaired) electrons. The average Bonchev–Trinajstić information content (AvgIpc) is 3.48. The first-order valence-electron chi connectivity index (χ1n) is 14.6. The molecule has 0 amide bonds. The fraction of sp³-hybridized carbons (Fsp3) is 0.471. The molecule has 218 valence electrons. The number of hydrogen-bond acceptors (Lipinski definition) is 5. The molecule has 1 N–H and O–H groups in total. The minimum atomic E-state index is -0.173. The molecule has 1 fully saturated rings. The summed E-state index contributed by atoms with van der Waals surface area (Å²) in [6.07, 6.45) is 2.06. The van der Waals surface area contributed by atoms with Gasteiger partial charge in [0.25, 0.3) is 5.56 Å². The van der Waals surface area contributed by atoms with Crippen molar-refractivity contribution in [1.29, 1.82) is 0 Å². The van der Waals surface area contributed by atoms with E-state index >= 15 is 0 Å². The molecule has 7 heteroatoms. The van der Waals surface area contributed by atoms with E-state index in [2.05, 4.69) is 64.0 Å². The number of rotatable bonds is 5. The van der Waals surface area contributed by atoms with Gasteiger partial charge < -0.3 is 5.11 Å². The van der Waals surface area contributed by atoms with Crippen molar-refractivity contribution in [1.82, 2.24) is 19.2 Å². The lowest BCUT2D eigenvalue weighted by molar-refractivity contribution is 0.203. The molecule has 41 heavy (non-hydrogen) atoms. The Morgan fingerprint density at radius 2 is 1.56 bits per heavy atom. The van der Waals surface area contributed by atoms with Crippen molar-refractivity contribution in [2.45, 2.75) is 84.6 Å². The van der Waals surface area contributed by atoms with Gasteiger partial charge in [-0.3, -0.25) is 14.4 Å². The first-order chi connectivity index (χ1) is 19.3. The Bertz CT molecular complexity index is 1560. The molecule has 4 aromatic rings. The van der Waals surface area contributed by atoms with Gasteiger partial charge >= 0.3 is 0 Å². The lowest BCUT2D eigenvalue weighted by atomic mass is 9.78. The van der Waals surface area contributed by atoms with Crippen LogP contribution in [-0.4, -0.2) is 37.4 Å². The highest BCUT2D eigenvalue weighted by Gasteiger charge is 2.29. The van der Waals surface area contributed by atoms with Crippen LogP contribution in [0.25, 0.3) is 16.9 Å². The quantitative estimate of drug-likeness (QED) is 0.273. The van der Waals surface area contributed by atoms with E-state index in [0.717, 1.165) is 65.3 Å². The van der Waals surface area contributed by atoms with Crippen molar-refractivity contribution in [3.63, 3.8) is 0 Å². The molecule has 2 aromatic carbocycles. The summed E-state index contributed by atoms with van der Waals surface area (Å²) in [6, 6.07) is 14.1. The van der Waals surface area contributed by atoms with E-state index in [1.54, 1.807) is 16.0 Å². The van der Waals surface area contributed by atoms with Crippen molar-refractivity contribution in [2.24, 2.45) is 7.05 Å². The molecule has 0 bridgehead atoms. The Morgan fingerprint density at radius 1 is 0.976 bits per heavy atom. The fourth-order valence-electron chi connectivity index (χ4n) is 5.90. The molecular weight excluding hydrogens is 528 g/mol. The third-order valence-corrected chi connectivity index (χ3v) is 9.54. The smallest absolute Gasteiger partial charge is 0.276 e. The minimum absolute atomic E-state index is 0.0704. The van der Waals surface area contributed by atoms with Crippen molar-refractivity contribution in [2.75, 3.05) is 13.1 Å². The molecule has 6 nitrogen and oxygen atoms in total. The van der Waals surface area contributed by atoms with Crippen LogP contribution in [0.2, 0.25) is 0 Å². The molecule has 0 unspecified atom stereocenters. The van der Waals surface area contributed by atoms with Crippen LogP contribution in [0.15, 0.2) is 52.6 Å². The van der Waals surface area contributed by atoms with Crippen molar-refractivity contribution < 1.29 is 5.11 Å². The molecule has 3 heterocycles. The number of aromatic hydroxyl groups is 1. The zero-order chi connectivity index (χ0) is 29.7. The van der Waals surface area contributed by atoms with E-state index < -0.39 is 0 Å². The normalized spacial score (nSPS) is 15.5.